The molecule has 1 heteroatoms. The molecule has 1 unspecified atom stereocenters. The summed E-state index contributed by atoms with van der Waals surface area (Å²) in [4.78, 5) is 0. The maximum Gasteiger partial charge on any atom is 0.118 e. The minimum absolute atomic E-state index is 0.451. The fourth-order valence-electron chi connectivity index (χ4n) is 1.94. The average Bonchev–Trinajstić information content (AvgIpc) is 2.04. The lowest BCUT2D eigenvalue weighted by Crippen LogP contribution is -2.16. The van der Waals surface area contributed by atoms with Crippen molar-refractivity contribution in [1.82, 2.24) is 0 Å². The molecule has 0 amide bonds. The Hall–Kier alpha value is -0.980. The number of hydrogen-bond donors (Lipinski definition) is 1. The van der Waals surface area contributed by atoms with Crippen LogP contribution in [-0.2, 0) is 6.42 Å². The molecule has 1 atom stereocenters. The van der Waals surface area contributed by atoms with E-state index in [1.807, 2.05) is 13.0 Å². The molecule has 0 saturated heterocycles. The van der Waals surface area contributed by atoms with E-state index in [4.69, 9.17) is 0 Å². The van der Waals surface area contributed by atoms with Crippen molar-refractivity contribution >= 4 is 0 Å². The molecule has 0 fully saturated rings. The first-order valence-electron chi connectivity index (χ1n) is 4.54. The van der Waals surface area contributed by atoms with Gasteiger partial charge in [0.25, 0.3) is 0 Å². The van der Waals surface area contributed by atoms with Gasteiger partial charge in [0.15, 0.2) is 0 Å². The second-order valence-electron chi connectivity index (χ2n) is 3.65. The summed E-state index contributed by atoms with van der Waals surface area (Å²) in [6, 6.07) is 4.04. The summed E-state index contributed by atoms with van der Waals surface area (Å²) in [5.41, 5.74) is 3.79. The minimum atomic E-state index is 0.451. The van der Waals surface area contributed by atoms with Gasteiger partial charge in [-0.2, -0.15) is 0 Å². The molecule has 0 bridgehead atoms. The van der Waals surface area contributed by atoms with E-state index in [1.165, 1.54) is 24.0 Å². The van der Waals surface area contributed by atoms with Crippen molar-refractivity contribution in [3.63, 3.8) is 0 Å². The molecule has 0 aliphatic heterocycles. The number of rotatable bonds is 1. The van der Waals surface area contributed by atoms with Crippen LogP contribution >= 0.6 is 0 Å². The number of aryl methyl sites for hydroxylation is 1. The second kappa shape index (κ2) is 2.51. The highest BCUT2D eigenvalue weighted by atomic mass is 16.3. The number of hydrogen-bond acceptors (Lipinski definition) is 1. The fourth-order valence-corrected chi connectivity index (χ4v) is 1.94. The van der Waals surface area contributed by atoms with E-state index < -0.39 is 0 Å². The molecule has 0 radical (unpaired) electrons. The molecular formula is C11H14O. The van der Waals surface area contributed by atoms with Crippen LogP contribution in [0.2, 0.25) is 0 Å². The predicted octanol–water partition coefficient (Wildman–Crippen LogP) is 2.75. The summed E-state index contributed by atoms with van der Waals surface area (Å²) in [6.45, 7) is 4.15. The molecular weight excluding hydrogens is 148 g/mol. The van der Waals surface area contributed by atoms with Gasteiger partial charge in [0.2, 0.25) is 0 Å². The molecule has 12 heavy (non-hydrogen) atoms. The lowest BCUT2D eigenvalue weighted by Gasteiger charge is -2.29. The summed E-state index contributed by atoms with van der Waals surface area (Å²) in [6.07, 6.45) is 2.39. The molecule has 64 valence electrons. The van der Waals surface area contributed by atoms with Crippen LogP contribution < -0.4 is 0 Å². The van der Waals surface area contributed by atoms with E-state index in [0.29, 0.717) is 11.7 Å². The topological polar surface area (TPSA) is 20.2 Å². The Balaban J connectivity index is 2.42. The maximum absolute atomic E-state index is 9.47. The number of phenolic OH excluding ortho intramolecular Hbond substituents is 1. The molecule has 0 heterocycles. The van der Waals surface area contributed by atoms with Crippen molar-refractivity contribution in [1.29, 1.82) is 0 Å². The molecule has 0 spiro atoms. The summed E-state index contributed by atoms with van der Waals surface area (Å²) < 4.78 is 0. The van der Waals surface area contributed by atoms with Gasteiger partial charge < -0.3 is 5.11 Å². The van der Waals surface area contributed by atoms with Crippen molar-refractivity contribution in [2.75, 3.05) is 0 Å². The van der Waals surface area contributed by atoms with Gasteiger partial charge in [-0.15, -0.1) is 0 Å². The highest BCUT2D eigenvalue weighted by molar-refractivity contribution is 5.48. The number of aromatic hydroxyl groups is 1. The summed E-state index contributed by atoms with van der Waals surface area (Å²) in [5, 5.41) is 9.47. The van der Waals surface area contributed by atoms with Crippen LogP contribution in [0.3, 0.4) is 0 Å². The van der Waals surface area contributed by atoms with Gasteiger partial charge in [-0.1, -0.05) is 13.0 Å². The molecule has 1 aliphatic rings. The van der Waals surface area contributed by atoms with E-state index >= 15 is 0 Å². The molecule has 1 aliphatic carbocycles. The van der Waals surface area contributed by atoms with Crippen LogP contribution in [-0.4, -0.2) is 5.11 Å². The smallest absolute Gasteiger partial charge is 0.118 e. The Morgan fingerprint density at radius 1 is 1.50 bits per heavy atom. The Morgan fingerprint density at radius 3 is 2.92 bits per heavy atom. The van der Waals surface area contributed by atoms with Crippen molar-refractivity contribution in [3.8, 4) is 5.75 Å². The van der Waals surface area contributed by atoms with Crippen LogP contribution in [0, 0.1) is 6.92 Å². The molecule has 0 aromatic heterocycles. The Morgan fingerprint density at radius 2 is 2.25 bits per heavy atom. The van der Waals surface area contributed by atoms with Gasteiger partial charge in [-0.05, 0) is 48.4 Å². The van der Waals surface area contributed by atoms with E-state index in [1.54, 1.807) is 0 Å². The highest BCUT2D eigenvalue weighted by Gasteiger charge is 2.25. The van der Waals surface area contributed by atoms with Gasteiger partial charge in [-0.25, -0.2) is 0 Å². The monoisotopic (exact) mass is 162 g/mol. The number of benzene rings is 1. The first-order valence-corrected chi connectivity index (χ1v) is 4.54. The van der Waals surface area contributed by atoms with Crippen LogP contribution in [0.4, 0.5) is 0 Å². The molecule has 2 rings (SSSR count). The van der Waals surface area contributed by atoms with Gasteiger partial charge in [-0.3, -0.25) is 0 Å². The summed E-state index contributed by atoms with van der Waals surface area (Å²) in [7, 11) is 0. The van der Waals surface area contributed by atoms with Gasteiger partial charge in [0, 0.05) is 0 Å². The van der Waals surface area contributed by atoms with Gasteiger partial charge in [0.05, 0.1) is 0 Å². The van der Waals surface area contributed by atoms with Crippen molar-refractivity contribution in [2.45, 2.75) is 32.6 Å². The standard InChI is InChI=1S/C11H14O/c1-3-8-5-9-4-7(2)11(12)6-10(8)9/h4,6,8,12H,3,5H2,1-2H3. The zero-order valence-corrected chi connectivity index (χ0v) is 7.59. The van der Waals surface area contributed by atoms with E-state index in [-0.39, 0.29) is 0 Å². The predicted molar refractivity (Wildman–Crippen MR) is 49.6 cm³/mol. The largest absolute Gasteiger partial charge is 0.508 e. The highest BCUT2D eigenvalue weighted by Crippen LogP contribution is 2.40. The Bertz CT molecular complexity index is 315. The van der Waals surface area contributed by atoms with Crippen LogP contribution in [0.5, 0.6) is 5.75 Å². The van der Waals surface area contributed by atoms with Crippen LogP contribution in [0.1, 0.15) is 36.0 Å². The lowest BCUT2D eigenvalue weighted by molar-refractivity contribution is 0.465. The molecule has 1 aromatic rings. The Labute approximate surface area is 73.0 Å². The second-order valence-corrected chi connectivity index (χ2v) is 3.65. The first-order chi connectivity index (χ1) is 5.72. The van der Waals surface area contributed by atoms with E-state index in [9.17, 15) is 5.11 Å². The van der Waals surface area contributed by atoms with Crippen molar-refractivity contribution < 1.29 is 5.11 Å². The van der Waals surface area contributed by atoms with E-state index in [0.717, 1.165) is 5.56 Å². The molecule has 0 saturated carbocycles. The van der Waals surface area contributed by atoms with Gasteiger partial charge in [0.1, 0.15) is 5.75 Å². The third-order valence-corrected chi connectivity index (χ3v) is 2.86. The number of fused-ring (bicyclic) bond motifs is 1. The van der Waals surface area contributed by atoms with Crippen molar-refractivity contribution in [3.05, 3.63) is 28.8 Å². The van der Waals surface area contributed by atoms with Crippen LogP contribution in [0.15, 0.2) is 12.1 Å². The first kappa shape index (κ1) is 7.66. The maximum atomic E-state index is 9.47. The third kappa shape index (κ3) is 0.927. The quantitative estimate of drug-likeness (QED) is 0.673. The summed E-state index contributed by atoms with van der Waals surface area (Å²) in [5.74, 6) is 1.15. The normalized spacial score (nSPS) is 20.0. The van der Waals surface area contributed by atoms with Gasteiger partial charge >= 0.3 is 0 Å². The third-order valence-electron chi connectivity index (χ3n) is 2.86. The Kier molecular flexibility index (Phi) is 1.60. The molecule has 1 nitrogen and oxygen atoms in total. The summed E-state index contributed by atoms with van der Waals surface area (Å²) >= 11 is 0. The van der Waals surface area contributed by atoms with Crippen molar-refractivity contribution in [2.24, 2.45) is 0 Å². The van der Waals surface area contributed by atoms with Crippen LogP contribution in [0.25, 0.3) is 0 Å². The fraction of sp³-hybridized carbons (Fsp3) is 0.455. The number of phenols is 1. The molecule has 1 N–H and O–H groups in total. The SMILES string of the molecule is CCC1Cc2cc(C)c(O)cc21. The zero-order chi connectivity index (χ0) is 8.72. The van der Waals surface area contributed by atoms with E-state index in [2.05, 4.69) is 13.0 Å². The lowest BCUT2D eigenvalue weighted by atomic mass is 9.75. The minimum Gasteiger partial charge on any atom is -0.508 e. The zero-order valence-electron chi connectivity index (χ0n) is 7.59. The molecule has 1 aromatic carbocycles. The average molecular weight is 162 g/mol.